The third-order valence-corrected chi connectivity index (χ3v) is 6.15. The Bertz CT molecular complexity index is 1280. The summed E-state index contributed by atoms with van der Waals surface area (Å²) in [6.45, 7) is 5.98. The fraction of sp³-hybridized carbons (Fsp3) is 0.259. The summed E-state index contributed by atoms with van der Waals surface area (Å²) in [6.07, 6.45) is 0.469. The maximum atomic E-state index is 12.9. The van der Waals surface area contributed by atoms with Crippen LogP contribution in [0.5, 0.6) is 5.75 Å². The van der Waals surface area contributed by atoms with E-state index in [0.717, 1.165) is 33.9 Å². The summed E-state index contributed by atoms with van der Waals surface area (Å²) in [6, 6.07) is 24.3. The highest BCUT2D eigenvalue weighted by Crippen LogP contribution is 2.34. The summed E-state index contributed by atoms with van der Waals surface area (Å²) in [5.74, 6) is 2.04. The van der Waals surface area contributed by atoms with Crippen molar-refractivity contribution in [1.82, 2.24) is 9.55 Å². The molecule has 0 radical (unpaired) electrons. The molecule has 4 aromatic rings. The van der Waals surface area contributed by atoms with Crippen molar-refractivity contribution in [2.24, 2.45) is 0 Å². The second-order valence-electron chi connectivity index (χ2n) is 8.47. The number of nitrogens with zero attached hydrogens (tertiary/aromatic N) is 3. The molecule has 1 saturated heterocycles. The average Bonchev–Trinajstić information content (AvgIpc) is 3.35. The summed E-state index contributed by atoms with van der Waals surface area (Å²) >= 11 is 0. The first-order valence-corrected chi connectivity index (χ1v) is 11.1. The Balaban J connectivity index is 1.41. The second kappa shape index (κ2) is 8.50. The highest BCUT2D eigenvalue weighted by atomic mass is 16.5. The van der Waals surface area contributed by atoms with Gasteiger partial charge in [0.05, 0.1) is 17.6 Å². The van der Waals surface area contributed by atoms with Crippen LogP contribution in [-0.4, -0.2) is 28.6 Å². The zero-order chi connectivity index (χ0) is 22.1. The van der Waals surface area contributed by atoms with Crippen molar-refractivity contribution in [3.05, 3.63) is 89.7 Å². The van der Waals surface area contributed by atoms with E-state index in [2.05, 4.69) is 23.6 Å². The van der Waals surface area contributed by atoms with Crippen molar-refractivity contribution in [3.8, 4) is 5.75 Å². The minimum absolute atomic E-state index is 0.0495. The van der Waals surface area contributed by atoms with Gasteiger partial charge in [-0.2, -0.15) is 0 Å². The number of hydrogen-bond acceptors (Lipinski definition) is 3. The van der Waals surface area contributed by atoms with Crippen molar-refractivity contribution >= 4 is 22.6 Å². The molecule has 1 amide bonds. The van der Waals surface area contributed by atoms with E-state index in [1.165, 1.54) is 5.56 Å². The largest absolute Gasteiger partial charge is 0.492 e. The van der Waals surface area contributed by atoms with Gasteiger partial charge in [0.1, 0.15) is 18.2 Å². The topological polar surface area (TPSA) is 47.4 Å². The lowest BCUT2D eigenvalue weighted by molar-refractivity contribution is -0.117. The molecule has 5 nitrogen and oxygen atoms in total. The average molecular weight is 426 g/mol. The lowest BCUT2D eigenvalue weighted by Crippen LogP contribution is -2.25. The van der Waals surface area contributed by atoms with Crippen LogP contribution in [0.2, 0.25) is 0 Å². The van der Waals surface area contributed by atoms with E-state index >= 15 is 0 Å². The molecule has 1 aliphatic rings. The Morgan fingerprint density at radius 2 is 1.81 bits per heavy atom. The summed E-state index contributed by atoms with van der Waals surface area (Å²) in [5, 5.41) is 0. The Morgan fingerprint density at radius 1 is 1.00 bits per heavy atom. The predicted octanol–water partition coefficient (Wildman–Crippen LogP) is 5.25. The molecule has 32 heavy (non-hydrogen) atoms. The van der Waals surface area contributed by atoms with E-state index in [4.69, 9.17) is 9.72 Å². The quantitative estimate of drug-likeness (QED) is 0.424. The monoisotopic (exact) mass is 425 g/mol. The molecule has 0 bridgehead atoms. The lowest BCUT2D eigenvalue weighted by Gasteiger charge is -2.19. The number of para-hydroxylation sites is 3. The van der Waals surface area contributed by atoms with Gasteiger partial charge >= 0.3 is 0 Å². The molecule has 1 aromatic heterocycles. The molecule has 5 rings (SSSR count). The van der Waals surface area contributed by atoms with Gasteiger partial charge in [0.2, 0.25) is 5.91 Å². The van der Waals surface area contributed by atoms with Gasteiger partial charge in [0.15, 0.2) is 0 Å². The number of carbonyl (C=O) groups is 1. The molecular formula is C27H27N3O2. The minimum atomic E-state index is 0.0495. The van der Waals surface area contributed by atoms with E-state index in [0.29, 0.717) is 26.1 Å². The van der Waals surface area contributed by atoms with E-state index in [-0.39, 0.29) is 11.8 Å². The molecule has 1 aliphatic heterocycles. The zero-order valence-corrected chi connectivity index (χ0v) is 18.5. The second-order valence-corrected chi connectivity index (χ2v) is 8.47. The van der Waals surface area contributed by atoms with Crippen LogP contribution in [0, 0.1) is 13.8 Å². The molecule has 5 heteroatoms. The standard InChI is InChI=1S/C27H27N3O2/c1-19-8-7-10-22(16-19)32-15-14-29-25-13-6-4-11-23(25)28-27(29)21-17-26(31)30(18-21)24-12-5-3-9-20(24)2/h3-13,16,21H,14-15,17-18H2,1-2H3/t21-/m0/s1. The first kappa shape index (κ1) is 20.3. The van der Waals surface area contributed by atoms with Crippen molar-refractivity contribution in [2.45, 2.75) is 32.7 Å². The summed E-state index contributed by atoms with van der Waals surface area (Å²) < 4.78 is 8.25. The maximum absolute atomic E-state index is 12.9. The first-order valence-electron chi connectivity index (χ1n) is 11.1. The molecular weight excluding hydrogens is 398 g/mol. The van der Waals surface area contributed by atoms with Crippen molar-refractivity contribution in [1.29, 1.82) is 0 Å². The SMILES string of the molecule is Cc1cccc(OCCn2c([C@H]3CC(=O)N(c4ccccc4C)C3)nc3ccccc32)c1. The summed E-state index contributed by atoms with van der Waals surface area (Å²) in [7, 11) is 0. The fourth-order valence-corrected chi connectivity index (χ4v) is 4.58. The molecule has 1 atom stereocenters. The molecule has 1 fully saturated rings. The van der Waals surface area contributed by atoms with Gasteiger partial charge in [-0.25, -0.2) is 4.98 Å². The maximum Gasteiger partial charge on any atom is 0.227 e. The summed E-state index contributed by atoms with van der Waals surface area (Å²) in [5.41, 5.74) is 5.32. The number of anilines is 1. The summed E-state index contributed by atoms with van der Waals surface area (Å²) in [4.78, 5) is 19.8. The van der Waals surface area contributed by atoms with Crippen LogP contribution in [0.3, 0.4) is 0 Å². The molecule has 0 unspecified atom stereocenters. The van der Waals surface area contributed by atoms with Gasteiger partial charge in [-0.05, 0) is 55.3 Å². The molecule has 0 aliphatic carbocycles. The van der Waals surface area contributed by atoms with Gasteiger partial charge in [-0.3, -0.25) is 4.79 Å². The molecule has 0 spiro atoms. The molecule has 3 aromatic carbocycles. The minimum Gasteiger partial charge on any atom is -0.492 e. The van der Waals surface area contributed by atoms with E-state index < -0.39 is 0 Å². The lowest BCUT2D eigenvalue weighted by atomic mass is 10.1. The van der Waals surface area contributed by atoms with Crippen molar-refractivity contribution in [3.63, 3.8) is 0 Å². The third kappa shape index (κ3) is 3.86. The van der Waals surface area contributed by atoms with Crippen LogP contribution < -0.4 is 9.64 Å². The highest BCUT2D eigenvalue weighted by molar-refractivity contribution is 5.97. The Labute approximate surface area is 188 Å². The van der Waals surface area contributed by atoms with Crippen LogP contribution >= 0.6 is 0 Å². The number of aryl methyl sites for hydroxylation is 2. The van der Waals surface area contributed by atoms with Gasteiger partial charge in [0, 0.05) is 24.6 Å². The number of imidazole rings is 1. The number of aromatic nitrogens is 2. The van der Waals surface area contributed by atoms with E-state index in [9.17, 15) is 4.79 Å². The fourth-order valence-electron chi connectivity index (χ4n) is 4.58. The van der Waals surface area contributed by atoms with E-state index in [1.807, 2.05) is 72.5 Å². The van der Waals surface area contributed by atoms with Crippen LogP contribution in [0.15, 0.2) is 72.8 Å². The molecule has 0 N–H and O–H groups in total. The number of benzene rings is 3. The Kier molecular flexibility index (Phi) is 5.39. The van der Waals surface area contributed by atoms with Crippen LogP contribution in [0.25, 0.3) is 11.0 Å². The number of rotatable bonds is 6. The van der Waals surface area contributed by atoms with Gasteiger partial charge in [0.25, 0.3) is 0 Å². The number of fused-ring (bicyclic) bond motifs is 1. The molecule has 2 heterocycles. The van der Waals surface area contributed by atoms with Gasteiger partial charge < -0.3 is 14.2 Å². The number of amides is 1. The molecule has 162 valence electrons. The van der Waals surface area contributed by atoms with Crippen LogP contribution in [0.1, 0.15) is 29.3 Å². The Hall–Kier alpha value is -3.60. The zero-order valence-electron chi connectivity index (χ0n) is 18.5. The van der Waals surface area contributed by atoms with Gasteiger partial charge in [-0.15, -0.1) is 0 Å². The Morgan fingerprint density at radius 3 is 2.66 bits per heavy atom. The number of carbonyl (C=O) groups excluding carboxylic acids is 1. The molecule has 0 saturated carbocycles. The van der Waals surface area contributed by atoms with E-state index in [1.54, 1.807) is 0 Å². The van der Waals surface area contributed by atoms with Crippen LogP contribution in [-0.2, 0) is 11.3 Å². The van der Waals surface area contributed by atoms with Crippen molar-refractivity contribution < 1.29 is 9.53 Å². The number of ether oxygens (including phenoxy) is 1. The van der Waals surface area contributed by atoms with Crippen molar-refractivity contribution in [2.75, 3.05) is 18.1 Å². The smallest absolute Gasteiger partial charge is 0.227 e. The third-order valence-electron chi connectivity index (χ3n) is 6.15. The van der Waals surface area contributed by atoms with Crippen LogP contribution in [0.4, 0.5) is 5.69 Å². The number of hydrogen-bond donors (Lipinski definition) is 0. The first-order chi connectivity index (χ1) is 15.6. The van der Waals surface area contributed by atoms with Gasteiger partial charge in [-0.1, -0.05) is 42.5 Å². The normalized spacial score (nSPS) is 16.1. The predicted molar refractivity (Wildman–Crippen MR) is 127 cm³/mol. The highest BCUT2D eigenvalue weighted by Gasteiger charge is 2.35.